The SMILES string of the molecule is Oc1cnc2c(c1)c(I)cn2-c1ccccc1. The van der Waals surface area contributed by atoms with E-state index >= 15 is 0 Å². The molecule has 0 atom stereocenters. The highest BCUT2D eigenvalue weighted by atomic mass is 127. The van der Waals surface area contributed by atoms with Crippen LogP contribution in [0.1, 0.15) is 0 Å². The first-order valence-corrected chi connectivity index (χ1v) is 6.24. The van der Waals surface area contributed by atoms with Crippen LogP contribution in [0.15, 0.2) is 48.8 Å². The molecule has 4 heteroatoms. The van der Waals surface area contributed by atoms with Gasteiger partial charge in [-0.3, -0.25) is 0 Å². The third kappa shape index (κ3) is 1.78. The summed E-state index contributed by atoms with van der Waals surface area (Å²) in [4.78, 5) is 4.29. The Labute approximate surface area is 112 Å². The third-order valence-corrected chi connectivity index (χ3v) is 3.47. The third-order valence-electron chi connectivity index (χ3n) is 2.61. The molecule has 0 radical (unpaired) electrons. The van der Waals surface area contributed by atoms with Gasteiger partial charge in [-0.2, -0.15) is 0 Å². The lowest BCUT2D eigenvalue weighted by Crippen LogP contribution is -1.92. The summed E-state index contributed by atoms with van der Waals surface area (Å²) in [6.45, 7) is 0. The first-order valence-electron chi connectivity index (χ1n) is 5.17. The average molecular weight is 336 g/mol. The lowest BCUT2D eigenvalue weighted by molar-refractivity contribution is 0.474. The number of nitrogens with zero attached hydrogens (tertiary/aromatic N) is 2. The van der Waals surface area contributed by atoms with Crippen molar-refractivity contribution in [2.24, 2.45) is 0 Å². The standard InChI is InChI=1S/C13H9IN2O/c14-12-8-16(9-4-2-1-3-5-9)13-11(12)6-10(17)7-15-13/h1-8,17H. The van der Waals surface area contributed by atoms with Crippen molar-refractivity contribution in [3.63, 3.8) is 0 Å². The summed E-state index contributed by atoms with van der Waals surface area (Å²) in [6, 6.07) is 11.8. The number of rotatable bonds is 1. The van der Waals surface area contributed by atoms with Gasteiger partial charge in [0.2, 0.25) is 0 Å². The zero-order valence-electron chi connectivity index (χ0n) is 8.84. The van der Waals surface area contributed by atoms with E-state index in [1.54, 1.807) is 6.07 Å². The number of aromatic hydroxyl groups is 1. The van der Waals surface area contributed by atoms with Gasteiger partial charge in [0.05, 0.1) is 6.20 Å². The molecule has 0 unspecified atom stereocenters. The van der Waals surface area contributed by atoms with Crippen molar-refractivity contribution in [3.8, 4) is 11.4 Å². The number of aromatic nitrogens is 2. The topological polar surface area (TPSA) is 38.1 Å². The maximum absolute atomic E-state index is 9.46. The Kier molecular flexibility index (Phi) is 2.51. The van der Waals surface area contributed by atoms with Crippen molar-refractivity contribution >= 4 is 33.6 Å². The predicted molar refractivity (Wildman–Crippen MR) is 75.5 cm³/mol. The number of pyridine rings is 1. The molecular weight excluding hydrogens is 327 g/mol. The molecule has 3 rings (SSSR count). The van der Waals surface area contributed by atoms with Gasteiger partial charge in [0.25, 0.3) is 0 Å². The van der Waals surface area contributed by atoms with Crippen LogP contribution in [0, 0.1) is 3.57 Å². The number of hydrogen-bond donors (Lipinski definition) is 1. The van der Waals surface area contributed by atoms with Crippen molar-refractivity contribution in [3.05, 3.63) is 52.4 Å². The minimum Gasteiger partial charge on any atom is -0.506 e. The Bertz CT molecular complexity index is 676. The van der Waals surface area contributed by atoms with E-state index in [1.807, 2.05) is 41.1 Å². The normalized spacial score (nSPS) is 10.9. The molecule has 0 bridgehead atoms. The lowest BCUT2D eigenvalue weighted by Gasteiger charge is -2.03. The van der Waals surface area contributed by atoms with Crippen LogP contribution in [-0.4, -0.2) is 14.7 Å². The fraction of sp³-hybridized carbons (Fsp3) is 0. The van der Waals surface area contributed by atoms with Gasteiger partial charge in [-0.15, -0.1) is 0 Å². The molecule has 84 valence electrons. The maximum atomic E-state index is 9.46. The maximum Gasteiger partial charge on any atom is 0.145 e. The van der Waals surface area contributed by atoms with Gasteiger partial charge in [-0.1, -0.05) is 18.2 Å². The van der Waals surface area contributed by atoms with Crippen LogP contribution in [-0.2, 0) is 0 Å². The zero-order chi connectivity index (χ0) is 11.8. The number of halogens is 1. The summed E-state index contributed by atoms with van der Waals surface area (Å²) >= 11 is 2.25. The molecule has 0 aliphatic carbocycles. The Hall–Kier alpha value is -1.56. The van der Waals surface area contributed by atoms with E-state index in [4.69, 9.17) is 0 Å². The molecule has 2 aromatic heterocycles. The highest BCUT2D eigenvalue weighted by Crippen LogP contribution is 2.26. The van der Waals surface area contributed by atoms with Gasteiger partial charge >= 0.3 is 0 Å². The minimum absolute atomic E-state index is 0.196. The Morgan fingerprint density at radius 3 is 2.71 bits per heavy atom. The van der Waals surface area contributed by atoms with Crippen LogP contribution in [0.5, 0.6) is 5.75 Å². The summed E-state index contributed by atoms with van der Waals surface area (Å²) in [5.74, 6) is 0.196. The first-order chi connectivity index (χ1) is 8.25. The molecule has 0 aliphatic rings. The van der Waals surface area contributed by atoms with Gasteiger partial charge in [-0.25, -0.2) is 4.98 Å². The number of hydrogen-bond acceptors (Lipinski definition) is 2. The molecular formula is C13H9IN2O. The lowest BCUT2D eigenvalue weighted by atomic mass is 10.3. The zero-order valence-corrected chi connectivity index (χ0v) is 11.0. The largest absolute Gasteiger partial charge is 0.506 e. The molecule has 3 aromatic rings. The van der Waals surface area contributed by atoms with Gasteiger partial charge < -0.3 is 9.67 Å². The smallest absolute Gasteiger partial charge is 0.145 e. The molecule has 0 aliphatic heterocycles. The second-order valence-corrected chi connectivity index (χ2v) is 4.91. The van der Waals surface area contributed by atoms with Crippen LogP contribution in [0.2, 0.25) is 0 Å². The monoisotopic (exact) mass is 336 g/mol. The fourth-order valence-electron chi connectivity index (χ4n) is 1.84. The molecule has 17 heavy (non-hydrogen) atoms. The highest BCUT2D eigenvalue weighted by Gasteiger charge is 2.09. The van der Waals surface area contributed by atoms with Crippen molar-refractivity contribution in [2.75, 3.05) is 0 Å². The summed E-state index contributed by atoms with van der Waals surface area (Å²) in [5.41, 5.74) is 1.93. The number of fused-ring (bicyclic) bond motifs is 1. The van der Waals surface area contributed by atoms with Crippen molar-refractivity contribution in [2.45, 2.75) is 0 Å². The average Bonchev–Trinajstić information content (AvgIpc) is 2.68. The minimum atomic E-state index is 0.196. The highest BCUT2D eigenvalue weighted by molar-refractivity contribution is 14.1. The van der Waals surface area contributed by atoms with Crippen molar-refractivity contribution in [1.29, 1.82) is 0 Å². The van der Waals surface area contributed by atoms with Crippen LogP contribution in [0.3, 0.4) is 0 Å². The van der Waals surface area contributed by atoms with E-state index in [-0.39, 0.29) is 5.75 Å². The van der Waals surface area contributed by atoms with Crippen LogP contribution >= 0.6 is 22.6 Å². The second-order valence-electron chi connectivity index (χ2n) is 3.75. The molecule has 0 saturated heterocycles. The van der Waals surface area contributed by atoms with E-state index in [1.165, 1.54) is 6.20 Å². The molecule has 3 nitrogen and oxygen atoms in total. The number of benzene rings is 1. The van der Waals surface area contributed by atoms with E-state index in [9.17, 15) is 5.11 Å². The first kappa shape index (κ1) is 10.6. The van der Waals surface area contributed by atoms with E-state index in [0.29, 0.717) is 0 Å². The molecule has 1 N–H and O–H groups in total. The van der Waals surface area contributed by atoms with Gasteiger partial charge in [0, 0.05) is 20.8 Å². The molecule has 0 fully saturated rings. The molecule has 0 amide bonds. The summed E-state index contributed by atoms with van der Waals surface area (Å²) in [6.07, 6.45) is 3.49. The Balaban J connectivity index is 2.32. The second kappa shape index (κ2) is 4.03. The van der Waals surface area contributed by atoms with Crippen LogP contribution < -0.4 is 0 Å². The van der Waals surface area contributed by atoms with Crippen LogP contribution in [0.25, 0.3) is 16.7 Å². The quantitative estimate of drug-likeness (QED) is 0.692. The Morgan fingerprint density at radius 1 is 1.18 bits per heavy atom. The summed E-state index contributed by atoms with van der Waals surface area (Å²) < 4.78 is 3.10. The van der Waals surface area contributed by atoms with E-state index < -0.39 is 0 Å². The van der Waals surface area contributed by atoms with Crippen molar-refractivity contribution < 1.29 is 5.11 Å². The predicted octanol–water partition coefficient (Wildman–Crippen LogP) is 3.34. The molecule has 1 aromatic carbocycles. The van der Waals surface area contributed by atoms with E-state index in [0.717, 1.165) is 20.3 Å². The van der Waals surface area contributed by atoms with Crippen molar-refractivity contribution in [1.82, 2.24) is 9.55 Å². The molecule has 2 heterocycles. The summed E-state index contributed by atoms with van der Waals surface area (Å²) in [5, 5.41) is 10.4. The van der Waals surface area contributed by atoms with Gasteiger partial charge in [0.15, 0.2) is 0 Å². The summed E-state index contributed by atoms with van der Waals surface area (Å²) in [7, 11) is 0. The molecule has 0 saturated carbocycles. The molecule has 0 spiro atoms. The van der Waals surface area contributed by atoms with Gasteiger partial charge in [0.1, 0.15) is 11.4 Å². The fourth-order valence-corrected chi connectivity index (χ4v) is 2.52. The van der Waals surface area contributed by atoms with Crippen LogP contribution in [0.4, 0.5) is 0 Å². The number of para-hydroxylation sites is 1. The van der Waals surface area contributed by atoms with Gasteiger partial charge in [-0.05, 0) is 40.8 Å². The Morgan fingerprint density at radius 2 is 1.94 bits per heavy atom. The van der Waals surface area contributed by atoms with E-state index in [2.05, 4.69) is 27.6 Å².